The monoisotopic (exact) mass is 327 g/mol. The van der Waals surface area contributed by atoms with E-state index >= 15 is 0 Å². The number of anilines is 1. The molecule has 0 N–H and O–H groups in total. The van der Waals surface area contributed by atoms with Crippen LogP contribution in [-0.2, 0) is 10.0 Å². The number of fused-ring (bicyclic) bond motifs is 2. The van der Waals surface area contributed by atoms with Gasteiger partial charge in [0, 0.05) is 12.1 Å². The second kappa shape index (κ2) is 4.65. The molecule has 2 aromatic rings. The van der Waals surface area contributed by atoms with Crippen LogP contribution in [0.4, 0.5) is 5.69 Å². The number of alkyl halides is 1. The quantitative estimate of drug-likeness (QED) is 0.690. The summed E-state index contributed by atoms with van der Waals surface area (Å²) in [5.41, 5.74) is 1.90. The topological polar surface area (TPSA) is 37.4 Å². The molecule has 0 bridgehead atoms. The minimum atomic E-state index is -3.66. The van der Waals surface area contributed by atoms with Crippen LogP contribution in [-0.4, -0.2) is 15.5 Å². The minimum Gasteiger partial charge on any atom is -0.269 e. The zero-order valence-corrected chi connectivity index (χ0v) is 12.9. The first-order valence-electron chi connectivity index (χ1n) is 5.94. The molecular formula is C14H11Cl2NO2S. The number of benzene rings is 2. The van der Waals surface area contributed by atoms with Crippen LogP contribution in [0.3, 0.4) is 0 Å². The van der Waals surface area contributed by atoms with Crippen molar-refractivity contribution in [2.75, 3.05) is 11.4 Å². The normalized spacial score (nSPS) is 19.9. The van der Waals surface area contributed by atoms with E-state index in [9.17, 15) is 8.42 Å². The Hall–Kier alpha value is -1.23. The fourth-order valence-corrected chi connectivity index (χ4v) is 4.53. The Balaban J connectivity index is 2.41. The molecule has 3 nitrogen and oxygen atoms in total. The average Bonchev–Trinajstić information content (AvgIpc) is 2.50. The third-order valence-corrected chi connectivity index (χ3v) is 5.97. The first kappa shape index (κ1) is 13.7. The van der Waals surface area contributed by atoms with Crippen LogP contribution in [0, 0.1) is 0 Å². The highest BCUT2D eigenvalue weighted by Gasteiger charge is 2.34. The second-order valence-corrected chi connectivity index (χ2v) is 7.39. The molecule has 0 radical (unpaired) electrons. The predicted octanol–water partition coefficient (Wildman–Crippen LogP) is 3.81. The summed E-state index contributed by atoms with van der Waals surface area (Å²) in [4.78, 5) is 0.156. The lowest BCUT2D eigenvalue weighted by Crippen LogP contribution is -2.26. The fraction of sp³-hybridized carbons (Fsp3) is 0.143. The van der Waals surface area contributed by atoms with Crippen molar-refractivity contribution in [2.45, 2.75) is 10.3 Å². The van der Waals surface area contributed by atoms with E-state index in [2.05, 4.69) is 0 Å². The van der Waals surface area contributed by atoms with E-state index in [4.69, 9.17) is 23.2 Å². The molecule has 1 atom stereocenters. The number of hydrogen-bond donors (Lipinski definition) is 0. The Kier molecular flexibility index (Phi) is 3.20. The highest BCUT2D eigenvalue weighted by molar-refractivity contribution is 7.92. The van der Waals surface area contributed by atoms with Crippen molar-refractivity contribution in [2.24, 2.45) is 0 Å². The minimum absolute atomic E-state index is 0.156. The largest absolute Gasteiger partial charge is 0.269 e. The SMILES string of the molecule is CN1c2ccccc2C(Cl)c2ccc(Cl)cc2S1(=O)=O. The van der Waals surface area contributed by atoms with Crippen molar-refractivity contribution in [3.05, 3.63) is 58.6 Å². The summed E-state index contributed by atoms with van der Waals surface area (Å²) in [7, 11) is -2.14. The molecule has 0 aromatic heterocycles. The van der Waals surface area contributed by atoms with Crippen molar-refractivity contribution < 1.29 is 8.42 Å². The number of para-hydroxylation sites is 1. The summed E-state index contributed by atoms with van der Waals surface area (Å²) in [5, 5.41) is -0.159. The van der Waals surface area contributed by atoms with E-state index in [1.54, 1.807) is 24.3 Å². The van der Waals surface area contributed by atoms with Gasteiger partial charge in [-0.2, -0.15) is 0 Å². The Bertz CT molecular complexity index is 790. The third-order valence-electron chi connectivity index (χ3n) is 3.44. The summed E-state index contributed by atoms with van der Waals surface area (Å²) in [6, 6.07) is 12.0. The van der Waals surface area contributed by atoms with Gasteiger partial charge in [0.2, 0.25) is 0 Å². The predicted molar refractivity (Wildman–Crippen MR) is 81.2 cm³/mol. The van der Waals surface area contributed by atoms with Gasteiger partial charge in [0.15, 0.2) is 0 Å². The molecule has 0 amide bonds. The number of hydrogen-bond acceptors (Lipinski definition) is 2. The molecule has 1 aliphatic rings. The van der Waals surface area contributed by atoms with Gasteiger partial charge in [0.1, 0.15) is 0 Å². The first-order chi connectivity index (χ1) is 9.43. The number of nitrogens with zero attached hydrogens (tertiary/aromatic N) is 1. The van der Waals surface area contributed by atoms with Gasteiger partial charge in [0.05, 0.1) is 16.0 Å². The molecule has 1 aliphatic heterocycles. The number of halogens is 2. The van der Waals surface area contributed by atoms with Gasteiger partial charge in [-0.25, -0.2) is 8.42 Å². The Morgan fingerprint density at radius 3 is 2.55 bits per heavy atom. The van der Waals surface area contributed by atoms with E-state index in [-0.39, 0.29) is 4.90 Å². The van der Waals surface area contributed by atoms with Crippen LogP contribution in [0.15, 0.2) is 47.4 Å². The van der Waals surface area contributed by atoms with Crippen molar-refractivity contribution in [3.8, 4) is 0 Å². The lowest BCUT2D eigenvalue weighted by molar-refractivity contribution is 0.594. The average molecular weight is 328 g/mol. The Morgan fingerprint density at radius 1 is 1.10 bits per heavy atom. The molecule has 0 saturated carbocycles. The van der Waals surface area contributed by atoms with Gasteiger partial charge in [-0.1, -0.05) is 35.9 Å². The van der Waals surface area contributed by atoms with E-state index in [0.29, 0.717) is 16.3 Å². The summed E-state index contributed by atoms with van der Waals surface area (Å²) in [6.07, 6.45) is 0. The number of sulfonamides is 1. The maximum absolute atomic E-state index is 12.7. The Labute approximate surface area is 127 Å². The van der Waals surface area contributed by atoms with E-state index in [0.717, 1.165) is 5.56 Å². The Morgan fingerprint density at radius 2 is 1.80 bits per heavy atom. The van der Waals surface area contributed by atoms with Crippen LogP contribution in [0.2, 0.25) is 5.02 Å². The zero-order chi connectivity index (χ0) is 14.5. The van der Waals surface area contributed by atoms with Gasteiger partial charge in [-0.3, -0.25) is 4.31 Å². The van der Waals surface area contributed by atoms with Crippen LogP contribution in [0.1, 0.15) is 16.5 Å². The molecule has 0 spiro atoms. The molecule has 3 rings (SSSR count). The summed E-state index contributed by atoms with van der Waals surface area (Å²) < 4.78 is 26.6. The van der Waals surface area contributed by atoms with Gasteiger partial charge >= 0.3 is 0 Å². The molecule has 1 heterocycles. The third kappa shape index (κ3) is 1.91. The summed E-state index contributed by atoms with van der Waals surface area (Å²) >= 11 is 12.4. The van der Waals surface area contributed by atoms with Gasteiger partial charge in [-0.05, 0) is 29.3 Å². The molecule has 0 aliphatic carbocycles. The maximum Gasteiger partial charge on any atom is 0.264 e. The van der Waals surface area contributed by atoms with Crippen LogP contribution in [0.25, 0.3) is 0 Å². The van der Waals surface area contributed by atoms with Crippen LogP contribution >= 0.6 is 23.2 Å². The zero-order valence-electron chi connectivity index (χ0n) is 10.5. The molecule has 1 unspecified atom stereocenters. The van der Waals surface area contributed by atoms with Crippen molar-refractivity contribution in [1.29, 1.82) is 0 Å². The molecule has 0 fully saturated rings. The lowest BCUT2D eigenvalue weighted by atomic mass is 10.0. The van der Waals surface area contributed by atoms with E-state index < -0.39 is 15.4 Å². The molecule has 2 aromatic carbocycles. The van der Waals surface area contributed by atoms with Crippen molar-refractivity contribution >= 4 is 38.9 Å². The van der Waals surface area contributed by atoms with Crippen molar-refractivity contribution in [1.82, 2.24) is 0 Å². The standard InChI is InChI=1S/C14H11Cl2NO2S/c1-17-12-5-3-2-4-10(12)14(16)11-7-6-9(15)8-13(11)20(17,18)19/h2-8,14H,1H3. The molecule has 0 saturated heterocycles. The molecule has 20 heavy (non-hydrogen) atoms. The van der Waals surface area contributed by atoms with E-state index in [1.165, 1.54) is 17.4 Å². The fourth-order valence-electron chi connectivity index (χ4n) is 2.37. The van der Waals surface area contributed by atoms with Gasteiger partial charge in [0.25, 0.3) is 10.0 Å². The first-order valence-corrected chi connectivity index (χ1v) is 8.20. The second-order valence-electron chi connectivity index (χ2n) is 4.58. The molecule has 104 valence electrons. The number of rotatable bonds is 0. The summed E-state index contributed by atoms with van der Waals surface area (Å²) in [6.45, 7) is 0. The maximum atomic E-state index is 12.7. The molecule has 6 heteroatoms. The van der Waals surface area contributed by atoms with Gasteiger partial charge in [-0.15, -0.1) is 11.6 Å². The van der Waals surface area contributed by atoms with Crippen LogP contribution in [0.5, 0.6) is 0 Å². The molecular weight excluding hydrogens is 317 g/mol. The van der Waals surface area contributed by atoms with Gasteiger partial charge < -0.3 is 0 Å². The highest BCUT2D eigenvalue weighted by atomic mass is 35.5. The van der Waals surface area contributed by atoms with Crippen LogP contribution < -0.4 is 4.31 Å². The summed E-state index contributed by atoms with van der Waals surface area (Å²) in [5.74, 6) is 0. The smallest absolute Gasteiger partial charge is 0.264 e. The lowest BCUT2D eigenvalue weighted by Gasteiger charge is -2.19. The van der Waals surface area contributed by atoms with Crippen molar-refractivity contribution in [3.63, 3.8) is 0 Å². The highest BCUT2D eigenvalue weighted by Crippen LogP contribution is 2.43. The van der Waals surface area contributed by atoms with E-state index in [1.807, 2.05) is 12.1 Å².